The summed E-state index contributed by atoms with van der Waals surface area (Å²) >= 11 is 0. The van der Waals surface area contributed by atoms with Crippen molar-refractivity contribution < 1.29 is 9.18 Å². The van der Waals surface area contributed by atoms with Gasteiger partial charge >= 0.3 is 0 Å². The Morgan fingerprint density at radius 3 is 2.86 bits per heavy atom. The second-order valence-corrected chi connectivity index (χ2v) is 7.35. The first-order valence-corrected chi connectivity index (χ1v) is 10.0. The highest BCUT2D eigenvalue weighted by Crippen LogP contribution is 2.26. The van der Waals surface area contributed by atoms with E-state index >= 15 is 0 Å². The van der Waals surface area contributed by atoms with Crippen LogP contribution in [0.5, 0.6) is 0 Å². The summed E-state index contributed by atoms with van der Waals surface area (Å²) in [5.41, 5.74) is 1.73. The molecule has 1 aliphatic rings. The molecule has 1 aromatic carbocycles. The number of amides is 1. The average molecular weight is 393 g/mol. The zero-order valence-electron chi connectivity index (χ0n) is 16.5. The fraction of sp³-hybridized carbons (Fsp3) is 0.364. The summed E-state index contributed by atoms with van der Waals surface area (Å²) in [6.07, 6.45) is 10.2. The first kappa shape index (κ1) is 19.2. The first-order valence-electron chi connectivity index (χ1n) is 10.0. The van der Waals surface area contributed by atoms with Gasteiger partial charge in [-0.1, -0.05) is 19.1 Å². The number of nitrogens with zero attached hydrogens (tertiary/aromatic N) is 5. The summed E-state index contributed by atoms with van der Waals surface area (Å²) in [5.74, 6) is 1.62. The smallest absolute Gasteiger partial charge is 0.227 e. The number of aryl methyl sites for hydroxylation is 1. The minimum absolute atomic E-state index is 0.0632. The van der Waals surface area contributed by atoms with Crippen LogP contribution < -0.4 is 0 Å². The monoisotopic (exact) mass is 393 g/mol. The van der Waals surface area contributed by atoms with E-state index in [9.17, 15) is 9.18 Å². The van der Waals surface area contributed by atoms with Crippen molar-refractivity contribution in [2.75, 3.05) is 13.1 Å². The second kappa shape index (κ2) is 8.51. The lowest BCUT2D eigenvalue weighted by Crippen LogP contribution is -2.40. The molecule has 1 atom stereocenters. The molecule has 0 spiro atoms. The van der Waals surface area contributed by atoms with Crippen molar-refractivity contribution >= 4 is 5.91 Å². The molecule has 150 valence electrons. The van der Waals surface area contributed by atoms with Gasteiger partial charge in [-0.3, -0.25) is 14.3 Å². The molecule has 1 saturated heterocycles. The Morgan fingerprint density at radius 2 is 2.07 bits per heavy atom. The topological polar surface area (TPSA) is 63.9 Å². The molecular formula is C22H24FN5O. The number of aromatic nitrogens is 4. The molecule has 1 amide bonds. The number of benzene rings is 1. The van der Waals surface area contributed by atoms with Gasteiger partial charge < -0.3 is 4.90 Å². The maximum Gasteiger partial charge on any atom is 0.227 e. The van der Waals surface area contributed by atoms with Crippen LogP contribution in [-0.2, 0) is 17.6 Å². The molecular weight excluding hydrogens is 369 g/mol. The number of imidazole rings is 1. The average Bonchev–Trinajstić information content (AvgIpc) is 3.24. The molecule has 0 unspecified atom stereocenters. The van der Waals surface area contributed by atoms with Crippen molar-refractivity contribution in [1.29, 1.82) is 0 Å². The number of halogens is 1. The van der Waals surface area contributed by atoms with Crippen molar-refractivity contribution in [1.82, 2.24) is 24.4 Å². The molecule has 3 aromatic rings. The Balaban J connectivity index is 1.47. The highest BCUT2D eigenvalue weighted by Gasteiger charge is 2.26. The Morgan fingerprint density at radius 1 is 1.24 bits per heavy atom. The second-order valence-electron chi connectivity index (χ2n) is 7.35. The third kappa shape index (κ3) is 4.34. The van der Waals surface area contributed by atoms with Gasteiger partial charge in [-0.15, -0.1) is 0 Å². The van der Waals surface area contributed by atoms with Gasteiger partial charge in [0.25, 0.3) is 0 Å². The molecule has 0 aliphatic carbocycles. The van der Waals surface area contributed by atoms with Gasteiger partial charge in [0.2, 0.25) is 5.91 Å². The molecule has 4 rings (SSSR count). The molecule has 0 N–H and O–H groups in total. The van der Waals surface area contributed by atoms with Crippen LogP contribution in [0.2, 0.25) is 0 Å². The van der Waals surface area contributed by atoms with Crippen molar-refractivity contribution in [3.8, 4) is 5.82 Å². The van der Waals surface area contributed by atoms with Gasteiger partial charge in [0.15, 0.2) is 5.82 Å². The number of carbonyl (C=O) groups is 1. The van der Waals surface area contributed by atoms with Crippen molar-refractivity contribution in [2.45, 2.75) is 38.5 Å². The van der Waals surface area contributed by atoms with E-state index in [1.165, 1.54) is 12.1 Å². The largest absolute Gasteiger partial charge is 0.342 e. The summed E-state index contributed by atoms with van der Waals surface area (Å²) < 4.78 is 15.0. The Bertz CT molecular complexity index is 985. The fourth-order valence-electron chi connectivity index (χ4n) is 3.82. The van der Waals surface area contributed by atoms with Gasteiger partial charge in [0.1, 0.15) is 11.6 Å². The minimum atomic E-state index is -0.290. The van der Waals surface area contributed by atoms with E-state index in [-0.39, 0.29) is 24.1 Å². The van der Waals surface area contributed by atoms with Crippen LogP contribution in [0.25, 0.3) is 5.82 Å². The lowest BCUT2D eigenvalue weighted by atomic mass is 9.94. The number of carbonyl (C=O) groups excluding carboxylic acids is 1. The van der Waals surface area contributed by atoms with Gasteiger partial charge in [0, 0.05) is 44.0 Å². The van der Waals surface area contributed by atoms with Gasteiger partial charge in [-0.05, 0) is 30.5 Å². The van der Waals surface area contributed by atoms with E-state index in [0.29, 0.717) is 6.54 Å². The Hall–Kier alpha value is -3.09. The number of piperidine rings is 1. The van der Waals surface area contributed by atoms with Crippen LogP contribution in [-0.4, -0.2) is 43.4 Å². The molecule has 1 aliphatic heterocycles. The highest BCUT2D eigenvalue weighted by atomic mass is 19.1. The van der Waals surface area contributed by atoms with Gasteiger partial charge in [-0.2, -0.15) is 0 Å². The SMILES string of the molecule is CCc1nccn1-c1cncc([C@@H]2CCCN(C(=O)Cc3ccc(F)cc3)C2)n1. The molecule has 0 saturated carbocycles. The van der Waals surface area contributed by atoms with Gasteiger partial charge in [0.05, 0.1) is 18.3 Å². The molecule has 29 heavy (non-hydrogen) atoms. The number of hydrogen-bond donors (Lipinski definition) is 0. The molecule has 2 aromatic heterocycles. The standard InChI is InChI=1S/C22H24FN5O/c1-2-20-25-9-11-28(20)21-14-24-13-19(26-21)17-4-3-10-27(15-17)22(29)12-16-5-7-18(23)8-6-16/h5-9,11,13-14,17H,2-4,10,12,15H2,1H3/t17-/m1/s1. The predicted molar refractivity (Wildman–Crippen MR) is 107 cm³/mol. The fourth-order valence-corrected chi connectivity index (χ4v) is 3.82. The van der Waals surface area contributed by atoms with Gasteiger partial charge in [-0.25, -0.2) is 14.4 Å². The van der Waals surface area contributed by atoms with E-state index in [1.807, 2.05) is 15.7 Å². The normalized spacial score (nSPS) is 16.8. The van der Waals surface area contributed by atoms with Crippen LogP contribution in [0, 0.1) is 5.82 Å². The zero-order chi connectivity index (χ0) is 20.2. The van der Waals surface area contributed by atoms with E-state index < -0.39 is 0 Å². The molecule has 6 nitrogen and oxygen atoms in total. The summed E-state index contributed by atoms with van der Waals surface area (Å²) in [6, 6.07) is 6.12. The van der Waals surface area contributed by atoms with E-state index in [2.05, 4.69) is 16.9 Å². The predicted octanol–water partition coefficient (Wildman–Crippen LogP) is 3.31. The zero-order valence-corrected chi connectivity index (χ0v) is 16.5. The summed E-state index contributed by atoms with van der Waals surface area (Å²) in [5, 5.41) is 0. The molecule has 3 heterocycles. The highest BCUT2D eigenvalue weighted by molar-refractivity contribution is 5.79. The number of hydrogen-bond acceptors (Lipinski definition) is 4. The number of likely N-dealkylation sites (tertiary alicyclic amines) is 1. The molecule has 0 radical (unpaired) electrons. The molecule has 0 bridgehead atoms. The number of rotatable bonds is 5. The third-order valence-corrected chi connectivity index (χ3v) is 5.38. The van der Waals surface area contributed by atoms with Crippen LogP contribution in [0.1, 0.15) is 42.8 Å². The van der Waals surface area contributed by atoms with E-state index in [1.54, 1.807) is 30.7 Å². The molecule has 1 fully saturated rings. The van der Waals surface area contributed by atoms with Crippen LogP contribution in [0.15, 0.2) is 49.1 Å². The van der Waals surface area contributed by atoms with Crippen LogP contribution >= 0.6 is 0 Å². The van der Waals surface area contributed by atoms with Crippen molar-refractivity contribution in [2.24, 2.45) is 0 Å². The molecule has 7 heteroatoms. The van der Waals surface area contributed by atoms with Crippen molar-refractivity contribution in [3.63, 3.8) is 0 Å². The minimum Gasteiger partial charge on any atom is -0.342 e. The third-order valence-electron chi connectivity index (χ3n) is 5.38. The van der Waals surface area contributed by atoms with Crippen molar-refractivity contribution in [3.05, 3.63) is 72.0 Å². The Labute approximate surface area is 169 Å². The quantitative estimate of drug-likeness (QED) is 0.667. The maximum atomic E-state index is 13.1. The Kier molecular flexibility index (Phi) is 5.64. The van der Waals surface area contributed by atoms with E-state index in [4.69, 9.17) is 4.98 Å². The summed E-state index contributed by atoms with van der Waals surface area (Å²) in [7, 11) is 0. The summed E-state index contributed by atoms with van der Waals surface area (Å²) in [6.45, 7) is 3.43. The van der Waals surface area contributed by atoms with Crippen LogP contribution in [0.3, 0.4) is 0 Å². The first-order chi connectivity index (χ1) is 14.1. The lowest BCUT2D eigenvalue weighted by molar-refractivity contribution is -0.131. The van der Waals surface area contributed by atoms with Crippen LogP contribution in [0.4, 0.5) is 4.39 Å². The lowest BCUT2D eigenvalue weighted by Gasteiger charge is -2.32. The van der Waals surface area contributed by atoms with E-state index in [0.717, 1.165) is 48.7 Å². The summed E-state index contributed by atoms with van der Waals surface area (Å²) in [4.78, 5) is 28.2. The maximum absolute atomic E-state index is 13.1.